The molecule has 0 aliphatic heterocycles. The van der Waals surface area contributed by atoms with Gasteiger partial charge in [0.25, 0.3) is 5.91 Å². The van der Waals surface area contributed by atoms with Gasteiger partial charge < -0.3 is 10.6 Å². The minimum Gasteiger partial charge on any atom is -0.320 e. The highest BCUT2D eigenvalue weighted by atomic mass is 19.4. The molecular formula is C21H15F3N2O2. The van der Waals surface area contributed by atoms with Crippen molar-refractivity contribution in [2.45, 2.75) is 6.18 Å². The first-order valence-electron chi connectivity index (χ1n) is 8.28. The lowest BCUT2D eigenvalue weighted by molar-refractivity contribution is -0.167. The number of hydrogen-bond acceptors (Lipinski definition) is 2. The van der Waals surface area contributed by atoms with E-state index in [1.165, 1.54) is 24.3 Å². The SMILES string of the molecule is O=C(Nc1ccccc1NC(=O)C(F)(F)F)c1ccc(-c2ccccc2)cc1. The summed E-state index contributed by atoms with van der Waals surface area (Å²) >= 11 is 0. The minimum atomic E-state index is -5.02. The van der Waals surface area contributed by atoms with Crippen molar-refractivity contribution in [1.29, 1.82) is 0 Å². The van der Waals surface area contributed by atoms with Gasteiger partial charge in [0.15, 0.2) is 0 Å². The summed E-state index contributed by atoms with van der Waals surface area (Å²) in [5.74, 6) is -2.62. The Morgan fingerprint density at radius 2 is 1.14 bits per heavy atom. The van der Waals surface area contributed by atoms with Crippen molar-refractivity contribution in [3.63, 3.8) is 0 Å². The van der Waals surface area contributed by atoms with Crippen molar-refractivity contribution >= 4 is 23.2 Å². The molecule has 7 heteroatoms. The third-order valence-electron chi connectivity index (χ3n) is 3.94. The highest BCUT2D eigenvalue weighted by molar-refractivity contribution is 6.07. The zero-order chi connectivity index (χ0) is 20.1. The topological polar surface area (TPSA) is 58.2 Å². The lowest BCUT2D eigenvalue weighted by Gasteiger charge is -2.13. The van der Waals surface area contributed by atoms with Crippen LogP contribution in [0, 0.1) is 0 Å². The van der Waals surface area contributed by atoms with E-state index < -0.39 is 18.0 Å². The monoisotopic (exact) mass is 384 g/mol. The molecule has 0 aromatic heterocycles. The standard InChI is InChI=1S/C21H15F3N2O2/c22-21(23,24)20(28)26-18-9-5-4-8-17(18)25-19(27)16-12-10-15(11-13-16)14-6-2-1-3-7-14/h1-13H,(H,25,27)(H,26,28). The number of amides is 2. The molecule has 142 valence electrons. The second-order valence-electron chi connectivity index (χ2n) is 5.89. The first kappa shape index (κ1) is 19.2. The van der Waals surface area contributed by atoms with Crippen molar-refractivity contribution in [1.82, 2.24) is 0 Å². The van der Waals surface area contributed by atoms with Crippen LogP contribution in [0.25, 0.3) is 11.1 Å². The molecule has 3 aromatic rings. The number of hydrogen-bond donors (Lipinski definition) is 2. The Morgan fingerprint density at radius 1 is 0.643 bits per heavy atom. The van der Waals surface area contributed by atoms with Crippen molar-refractivity contribution in [2.75, 3.05) is 10.6 Å². The van der Waals surface area contributed by atoms with Gasteiger partial charge in [-0.2, -0.15) is 13.2 Å². The Hall–Kier alpha value is -3.61. The van der Waals surface area contributed by atoms with Gasteiger partial charge in [0.05, 0.1) is 11.4 Å². The summed E-state index contributed by atoms with van der Waals surface area (Å²) < 4.78 is 37.4. The van der Waals surface area contributed by atoms with Gasteiger partial charge in [-0.3, -0.25) is 9.59 Å². The summed E-state index contributed by atoms with van der Waals surface area (Å²) in [6.45, 7) is 0. The van der Waals surface area contributed by atoms with Crippen LogP contribution in [0.2, 0.25) is 0 Å². The molecule has 2 N–H and O–H groups in total. The van der Waals surface area contributed by atoms with E-state index in [0.717, 1.165) is 11.1 Å². The number of halogens is 3. The second-order valence-corrected chi connectivity index (χ2v) is 5.89. The second kappa shape index (κ2) is 7.96. The average molecular weight is 384 g/mol. The molecule has 2 amide bonds. The molecule has 3 rings (SSSR count). The van der Waals surface area contributed by atoms with Gasteiger partial charge in [0.1, 0.15) is 0 Å². The zero-order valence-corrected chi connectivity index (χ0v) is 14.5. The smallest absolute Gasteiger partial charge is 0.320 e. The Balaban J connectivity index is 1.76. The number of para-hydroxylation sites is 2. The molecule has 28 heavy (non-hydrogen) atoms. The summed E-state index contributed by atoms with van der Waals surface area (Å²) in [4.78, 5) is 23.6. The summed E-state index contributed by atoms with van der Waals surface area (Å²) in [7, 11) is 0. The Morgan fingerprint density at radius 3 is 1.71 bits per heavy atom. The minimum absolute atomic E-state index is 0.0669. The third kappa shape index (κ3) is 4.56. The van der Waals surface area contributed by atoms with Gasteiger partial charge in [-0.05, 0) is 35.4 Å². The Bertz CT molecular complexity index is 985. The Kier molecular flexibility index (Phi) is 5.44. The summed E-state index contributed by atoms with van der Waals surface area (Å²) in [6, 6.07) is 22.1. The first-order chi connectivity index (χ1) is 13.3. The van der Waals surface area contributed by atoms with Crippen molar-refractivity contribution in [3.8, 4) is 11.1 Å². The predicted molar refractivity (Wildman–Crippen MR) is 101 cm³/mol. The number of benzene rings is 3. The van der Waals surface area contributed by atoms with E-state index in [1.807, 2.05) is 30.3 Å². The summed E-state index contributed by atoms with van der Waals surface area (Å²) in [6.07, 6.45) is -5.02. The summed E-state index contributed by atoms with van der Waals surface area (Å²) in [5.41, 5.74) is 2.18. The molecule has 0 unspecified atom stereocenters. The molecule has 0 bridgehead atoms. The van der Waals surface area contributed by atoms with Gasteiger partial charge in [0, 0.05) is 5.56 Å². The van der Waals surface area contributed by atoms with E-state index in [9.17, 15) is 22.8 Å². The van der Waals surface area contributed by atoms with Gasteiger partial charge in [-0.15, -0.1) is 0 Å². The molecule has 4 nitrogen and oxygen atoms in total. The zero-order valence-electron chi connectivity index (χ0n) is 14.5. The molecule has 0 radical (unpaired) electrons. The third-order valence-corrected chi connectivity index (χ3v) is 3.94. The number of alkyl halides is 3. The normalized spacial score (nSPS) is 11.0. The number of rotatable bonds is 4. The molecule has 0 aliphatic rings. The lowest BCUT2D eigenvalue weighted by Crippen LogP contribution is -2.30. The van der Waals surface area contributed by atoms with Crippen LogP contribution in [0.3, 0.4) is 0 Å². The molecule has 0 saturated heterocycles. The Labute approximate surface area is 159 Å². The number of nitrogens with one attached hydrogen (secondary N) is 2. The van der Waals surface area contributed by atoms with Crippen molar-refractivity contribution < 1.29 is 22.8 Å². The molecule has 0 heterocycles. The van der Waals surface area contributed by atoms with Gasteiger partial charge >= 0.3 is 12.1 Å². The van der Waals surface area contributed by atoms with Crippen molar-refractivity contribution in [3.05, 3.63) is 84.4 Å². The molecule has 0 atom stereocenters. The van der Waals surface area contributed by atoms with E-state index in [0.29, 0.717) is 5.56 Å². The van der Waals surface area contributed by atoms with Gasteiger partial charge in [0.2, 0.25) is 0 Å². The number of carbonyl (C=O) groups is 2. The maximum Gasteiger partial charge on any atom is 0.471 e. The number of carbonyl (C=O) groups excluding carboxylic acids is 2. The van der Waals surface area contributed by atoms with Crippen LogP contribution in [0.15, 0.2) is 78.9 Å². The molecule has 3 aromatic carbocycles. The van der Waals surface area contributed by atoms with E-state index >= 15 is 0 Å². The van der Waals surface area contributed by atoms with E-state index in [1.54, 1.807) is 29.6 Å². The van der Waals surface area contributed by atoms with Crippen LogP contribution in [0.4, 0.5) is 24.5 Å². The largest absolute Gasteiger partial charge is 0.471 e. The van der Waals surface area contributed by atoms with Crippen LogP contribution < -0.4 is 10.6 Å². The first-order valence-corrected chi connectivity index (χ1v) is 8.28. The van der Waals surface area contributed by atoms with Crippen LogP contribution in [-0.4, -0.2) is 18.0 Å². The van der Waals surface area contributed by atoms with E-state index in [-0.39, 0.29) is 11.4 Å². The van der Waals surface area contributed by atoms with Crippen LogP contribution in [0.1, 0.15) is 10.4 Å². The fraction of sp³-hybridized carbons (Fsp3) is 0.0476. The predicted octanol–water partition coefficient (Wildman–Crippen LogP) is 5.11. The molecule has 0 aliphatic carbocycles. The fourth-order valence-corrected chi connectivity index (χ4v) is 2.53. The van der Waals surface area contributed by atoms with Crippen LogP contribution >= 0.6 is 0 Å². The molecule has 0 spiro atoms. The van der Waals surface area contributed by atoms with Crippen LogP contribution in [-0.2, 0) is 4.79 Å². The maximum absolute atomic E-state index is 12.5. The molecule has 0 fully saturated rings. The quantitative estimate of drug-likeness (QED) is 0.657. The maximum atomic E-state index is 12.5. The van der Waals surface area contributed by atoms with Gasteiger partial charge in [-0.1, -0.05) is 54.6 Å². The highest BCUT2D eigenvalue weighted by Crippen LogP contribution is 2.25. The summed E-state index contributed by atoms with van der Waals surface area (Å²) in [5, 5.41) is 4.28. The van der Waals surface area contributed by atoms with Gasteiger partial charge in [-0.25, -0.2) is 0 Å². The fourth-order valence-electron chi connectivity index (χ4n) is 2.53. The number of anilines is 2. The van der Waals surface area contributed by atoms with E-state index in [2.05, 4.69) is 5.32 Å². The highest BCUT2D eigenvalue weighted by Gasteiger charge is 2.39. The molecular weight excluding hydrogens is 369 g/mol. The molecule has 0 saturated carbocycles. The average Bonchev–Trinajstić information content (AvgIpc) is 2.69. The van der Waals surface area contributed by atoms with Crippen LogP contribution in [0.5, 0.6) is 0 Å². The van der Waals surface area contributed by atoms with Crippen molar-refractivity contribution in [2.24, 2.45) is 0 Å². The lowest BCUT2D eigenvalue weighted by atomic mass is 10.0. The van der Waals surface area contributed by atoms with E-state index in [4.69, 9.17) is 0 Å².